The fourth-order valence-corrected chi connectivity index (χ4v) is 2.05. The summed E-state index contributed by atoms with van der Waals surface area (Å²) < 4.78 is 10.1. The summed E-state index contributed by atoms with van der Waals surface area (Å²) in [5, 5.41) is 0.400. The molecule has 1 heterocycles. The number of hydrogen-bond donors (Lipinski definition) is 0. The van der Waals surface area contributed by atoms with Crippen molar-refractivity contribution in [1.29, 1.82) is 0 Å². The molecule has 8 nitrogen and oxygen atoms in total. The van der Waals surface area contributed by atoms with Crippen LogP contribution in [0.5, 0.6) is 0 Å². The van der Waals surface area contributed by atoms with Crippen LogP contribution in [0.1, 0.15) is 45.3 Å². The fraction of sp³-hybridized carbons (Fsp3) is 0.412. The molecule has 0 N–H and O–H groups in total. The Balaban J connectivity index is 2.17. The average Bonchev–Trinajstić information content (AvgIpc) is 2.83. The smallest absolute Gasteiger partial charge is 0.429 e. The number of amides is 2. The zero-order valence-corrected chi connectivity index (χ0v) is 14.2. The molecule has 0 spiro atoms. The van der Waals surface area contributed by atoms with Gasteiger partial charge in [-0.1, -0.05) is 30.3 Å². The summed E-state index contributed by atoms with van der Waals surface area (Å²) >= 11 is 0. The van der Waals surface area contributed by atoms with Crippen LogP contribution in [0.4, 0.5) is 4.79 Å². The quantitative estimate of drug-likeness (QED) is 0.607. The van der Waals surface area contributed by atoms with E-state index in [0.29, 0.717) is 10.6 Å². The maximum Gasteiger partial charge on any atom is 0.510 e. The van der Waals surface area contributed by atoms with Crippen LogP contribution in [0.3, 0.4) is 0 Å². The highest BCUT2D eigenvalue weighted by Crippen LogP contribution is 2.23. The van der Waals surface area contributed by atoms with E-state index >= 15 is 0 Å². The minimum atomic E-state index is -1.47. The highest BCUT2D eigenvalue weighted by molar-refractivity contribution is 6.01. The molecule has 0 aromatic heterocycles. The minimum absolute atomic E-state index is 0.0327. The number of benzene rings is 1. The number of carbonyl (C=O) groups is 4. The van der Waals surface area contributed by atoms with Gasteiger partial charge in [-0.15, -0.1) is 5.06 Å². The molecule has 1 aromatic carbocycles. The predicted octanol–water partition coefficient (Wildman–Crippen LogP) is 2.29. The lowest BCUT2D eigenvalue weighted by atomic mass is 10.1. The molecule has 1 fully saturated rings. The summed E-state index contributed by atoms with van der Waals surface area (Å²) in [6.45, 7) is 4.93. The van der Waals surface area contributed by atoms with Crippen LogP contribution in [-0.4, -0.2) is 34.6 Å². The van der Waals surface area contributed by atoms with E-state index in [9.17, 15) is 19.2 Å². The van der Waals surface area contributed by atoms with E-state index in [2.05, 4.69) is 0 Å². The standard InChI is InChI=1S/C17H19NO7/c1-17(2,3)24-16(22)23-14(11-7-5-4-6-8-11)15(21)25-18-12(19)9-10-13(18)20/h4-8,14H,9-10H2,1-3H3. The van der Waals surface area contributed by atoms with Gasteiger partial charge in [0, 0.05) is 18.4 Å². The Morgan fingerprint density at radius 2 is 1.60 bits per heavy atom. The van der Waals surface area contributed by atoms with Crippen LogP contribution < -0.4 is 0 Å². The molecule has 1 aliphatic rings. The topological polar surface area (TPSA) is 99.2 Å². The van der Waals surface area contributed by atoms with Crippen molar-refractivity contribution in [2.24, 2.45) is 0 Å². The SMILES string of the molecule is CC(C)(C)OC(=O)OC(C(=O)ON1C(=O)CCC1=O)c1ccccc1. The molecule has 134 valence electrons. The highest BCUT2D eigenvalue weighted by atomic mass is 16.8. The normalized spacial score (nSPS) is 15.7. The van der Waals surface area contributed by atoms with Crippen molar-refractivity contribution in [3.63, 3.8) is 0 Å². The summed E-state index contributed by atoms with van der Waals surface area (Å²) in [6.07, 6.45) is -2.61. The van der Waals surface area contributed by atoms with Gasteiger partial charge in [0.25, 0.3) is 11.8 Å². The van der Waals surface area contributed by atoms with E-state index in [0.717, 1.165) is 0 Å². The molecule has 1 atom stereocenters. The van der Waals surface area contributed by atoms with Crippen molar-refractivity contribution in [3.05, 3.63) is 35.9 Å². The van der Waals surface area contributed by atoms with E-state index in [4.69, 9.17) is 14.3 Å². The summed E-state index contributed by atoms with van der Waals surface area (Å²) in [7, 11) is 0. The first-order valence-corrected chi connectivity index (χ1v) is 7.69. The van der Waals surface area contributed by atoms with E-state index in [-0.39, 0.29) is 12.8 Å². The van der Waals surface area contributed by atoms with Crippen LogP contribution >= 0.6 is 0 Å². The Morgan fingerprint density at radius 3 is 2.12 bits per heavy atom. The molecule has 1 saturated heterocycles. The molecule has 1 unspecified atom stereocenters. The molecule has 25 heavy (non-hydrogen) atoms. The molecule has 0 aliphatic carbocycles. The lowest BCUT2D eigenvalue weighted by Gasteiger charge is -2.23. The van der Waals surface area contributed by atoms with E-state index in [1.165, 1.54) is 0 Å². The van der Waals surface area contributed by atoms with Crippen LogP contribution in [0.25, 0.3) is 0 Å². The largest absolute Gasteiger partial charge is 0.510 e. The van der Waals surface area contributed by atoms with Gasteiger partial charge in [0.1, 0.15) is 5.60 Å². The molecule has 0 radical (unpaired) electrons. The maximum atomic E-state index is 12.4. The molecule has 0 bridgehead atoms. The third-order valence-electron chi connectivity index (χ3n) is 3.11. The number of hydroxylamine groups is 2. The second kappa shape index (κ2) is 7.33. The molecule has 0 saturated carbocycles. The monoisotopic (exact) mass is 349 g/mol. The van der Waals surface area contributed by atoms with Gasteiger partial charge < -0.3 is 14.3 Å². The van der Waals surface area contributed by atoms with Gasteiger partial charge >= 0.3 is 12.1 Å². The number of hydrogen-bond acceptors (Lipinski definition) is 7. The first-order chi connectivity index (χ1) is 11.7. The second-order valence-electron chi connectivity index (χ2n) is 6.37. The Labute approximate surface area is 144 Å². The second-order valence-corrected chi connectivity index (χ2v) is 6.37. The van der Waals surface area contributed by atoms with Gasteiger partial charge in [0.15, 0.2) is 0 Å². The molecule has 2 amide bonds. The third-order valence-corrected chi connectivity index (χ3v) is 3.11. The van der Waals surface area contributed by atoms with Crippen molar-refractivity contribution in [2.45, 2.75) is 45.3 Å². The molecule has 1 aliphatic heterocycles. The number of ether oxygens (including phenoxy) is 2. The molecular weight excluding hydrogens is 330 g/mol. The highest BCUT2D eigenvalue weighted by Gasteiger charge is 2.37. The van der Waals surface area contributed by atoms with E-state index < -0.39 is 35.6 Å². The number of carbonyl (C=O) groups excluding carboxylic acids is 4. The Bertz CT molecular complexity index is 662. The number of rotatable bonds is 4. The van der Waals surface area contributed by atoms with Crippen LogP contribution in [0.15, 0.2) is 30.3 Å². The van der Waals surface area contributed by atoms with Gasteiger partial charge in [0.2, 0.25) is 6.10 Å². The van der Waals surface area contributed by atoms with Crippen LogP contribution in [-0.2, 0) is 28.7 Å². The van der Waals surface area contributed by atoms with Crippen molar-refractivity contribution < 1.29 is 33.5 Å². The van der Waals surface area contributed by atoms with E-state index in [1.54, 1.807) is 51.1 Å². The van der Waals surface area contributed by atoms with Gasteiger partial charge in [-0.2, -0.15) is 0 Å². The minimum Gasteiger partial charge on any atom is -0.429 e. The molecular formula is C17H19NO7. The average molecular weight is 349 g/mol. The zero-order chi connectivity index (χ0) is 18.6. The first kappa shape index (κ1) is 18.4. The first-order valence-electron chi connectivity index (χ1n) is 7.69. The zero-order valence-electron chi connectivity index (χ0n) is 14.2. The lowest BCUT2D eigenvalue weighted by molar-refractivity contribution is -0.204. The van der Waals surface area contributed by atoms with Gasteiger partial charge in [-0.05, 0) is 20.8 Å². The van der Waals surface area contributed by atoms with Crippen molar-refractivity contribution in [1.82, 2.24) is 5.06 Å². The number of imide groups is 1. The maximum absolute atomic E-state index is 12.4. The van der Waals surface area contributed by atoms with Crippen LogP contribution in [0.2, 0.25) is 0 Å². The summed E-state index contributed by atoms with van der Waals surface area (Å²) in [5.41, 5.74) is -0.499. The molecule has 8 heteroatoms. The lowest BCUT2D eigenvalue weighted by Crippen LogP contribution is -2.36. The molecule has 2 rings (SSSR count). The Hall–Kier alpha value is -2.90. The number of nitrogens with zero attached hydrogens (tertiary/aromatic N) is 1. The van der Waals surface area contributed by atoms with Gasteiger partial charge in [-0.25, -0.2) is 9.59 Å². The Morgan fingerprint density at radius 1 is 1.04 bits per heavy atom. The Kier molecular flexibility index (Phi) is 5.41. The van der Waals surface area contributed by atoms with Crippen molar-refractivity contribution in [2.75, 3.05) is 0 Å². The molecule has 1 aromatic rings. The predicted molar refractivity (Wildman–Crippen MR) is 83.7 cm³/mol. The third kappa shape index (κ3) is 5.03. The fourth-order valence-electron chi connectivity index (χ4n) is 2.05. The summed E-state index contributed by atoms with van der Waals surface area (Å²) in [6, 6.07) is 8.08. The van der Waals surface area contributed by atoms with Crippen LogP contribution in [0, 0.1) is 0 Å². The summed E-state index contributed by atoms with van der Waals surface area (Å²) in [4.78, 5) is 52.3. The van der Waals surface area contributed by atoms with E-state index in [1.807, 2.05) is 0 Å². The van der Waals surface area contributed by atoms with Crippen molar-refractivity contribution >= 4 is 23.9 Å². The van der Waals surface area contributed by atoms with Gasteiger partial charge in [-0.3, -0.25) is 9.59 Å². The summed E-state index contributed by atoms with van der Waals surface area (Å²) in [5.74, 6) is -2.31. The van der Waals surface area contributed by atoms with Crippen molar-refractivity contribution in [3.8, 4) is 0 Å². The van der Waals surface area contributed by atoms with Gasteiger partial charge in [0.05, 0.1) is 0 Å².